The second-order valence-electron chi connectivity index (χ2n) is 15.0. The first-order valence-electron chi connectivity index (χ1n) is 19.7. The predicted octanol–water partition coefficient (Wildman–Crippen LogP) is 13.7. The maximum atomic E-state index is 6.50. The van der Waals surface area contributed by atoms with Gasteiger partial charge in [-0.05, 0) is 99.3 Å². The Bertz CT molecular complexity index is 3480. The van der Waals surface area contributed by atoms with Crippen molar-refractivity contribution in [3.8, 4) is 32.8 Å². The van der Waals surface area contributed by atoms with Gasteiger partial charge in [-0.3, -0.25) is 0 Å². The molecule has 274 valence electrons. The van der Waals surface area contributed by atoms with Gasteiger partial charge >= 0.3 is 0 Å². The minimum absolute atomic E-state index is 0.150. The summed E-state index contributed by atoms with van der Waals surface area (Å²) in [7, 11) is 0. The fourth-order valence-electron chi connectivity index (χ4n) is 8.84. The Balaban J connectivity index is 0.926. The molecule has 0 fully saturated rings. The molecular weight excluding hydrogens is 745 g/mol. The molecule has 0 radical (unpaired) electrons. The van der Waals surface area contributed by atoms with Gasteiger partial charge in [0.1, 0.15) is 16.2 Å². The molecule has 5 heteroatoms. The van der Waals surface area contributed by atoms with Crippen molar-refractivity contribution in [2.24, 2.45) is 0 Å². The van der Waals surface area contributed by atoms with Crippen LogP contribution in [0.1, 0.15) is 6.42 Å². The van der Waals surface area contributed by atoms with Crippen LogP contribution < -0.4 is 14.7 Å². The number of thiazole rings is 1. The van der Waals surface area contributed by atoms with E-state index in [0.717, 1.165) is 66.0 Å². The number of thiophene rings is 1. The van der Waals surface area contributed by atoms with Gasteiger partial charge in [0.2, 0.25) is 0 Å². The van der Waals surface area contributed by atoms with Crippen molar-refractivity contribution in [1.29, 1.82) is 0 Å². The second-order valence-corrected chi connectivity index (χ2v) is 17.1. The van der Waals surface area contributed by atoms with E-state index < -0.39 is 0 Å². The lowest BCUT2D eigenvalue weighted by molar-refractivity contribution is 0.669. The van der Waals surface area contributed by atoms with Crippen LogP contribution in [0.3, 0.4) is 0 Å². The molecule has 0 saturated heterocycles. The van der Waals surface area contributed by atoms with E-state index in [4.69, 9.17) is 9.40 Å². The Morgan fingerprint density at radius 3 is 2.10 bits per heavy atom. The molecule has 58 heavy (non-hydrogen) atoms. The fraction of sp³-hybridized carbons (Fsp3) is 0.0377. The summed E-state index contributed by atoms with van der Waals surface area (Å²) in [6.07, 6.45) is 5.84. The minimum atomic E-state index is 0.150. The van der Waals surface area contributed by atoms with Crippen molar-refractivity contribution >= 4 is 99.2 Å². The number of benzene rings is 8. The lowest BCUT2D eigenvalue weighted by atomic mass is 9.97. The summed E-state index contributed by atoms with van der Waals surface area (Å²) in [4.78, 5) is 7.62. The van der Waals surface area contributed by atoms with E-state index >= 15 is 0 Å². The summed E-state index contributed by atoms with van der Waals surface area (Å²) in [6.45, 7) is 0. The molecule has 3 aromatic heterocycles. The summed E-state index contributed by atoms with van der Waals surface area (Å²) in [6, 6.07) is 63.6. The van der Waals surface area contributed by atoms with Gasteiger partial charge in [-0.1, -0.05) is 133 Å². The SMILES string of the molecule is C1=c2sc3ccccc3c2=CC(N(c2ccc(-c3ccc4c(c3)oc3ccc5sc(-c6ccccc6)nc5c34)cc2)c2ccc(-c3cccc4ccccc34)cc2)C1. The van der Waals surface area contributed by atoms with Crippen molar-refractivity contribution in [3.63, 3.8) is 0 Å². The lowest BCUT2D eigenvalue weighted by Crippen LogP contribution is -2.36. The Hall–Kier alpha value is -6.79. The molecule has 1 unspecified atom stereocenters. The highest BCUT2D eigenvalue weighted by atomic mass is 32.1. The summed E-state index contributed by atoms with van der Waals surface area (Å²) in [5.41, 5.74) is 10.9. The van der Waals surface area contributed by atoms with Crippen molar-refractivity contribution < 1.29 is 4.42 Å². The van der Waals surface area contributed by atoms with E-state index in [-0.39, 0.29) is 6.04 Å². The maximum Gasteiger partial charge on any atom is 0.137 e. The number of rotatable bonds is 6. The number of fused-ring (bicyclic) bond motifs is 9. The maximum absolute atomic E-state index is 6.50. The number of anilines is 2. The number of aromatic nitrogens is 1. The van der Waals surface area contributed by atoms with E-state index in [2.05, 4.69) is 187 Å². The molecule has 0 saturated carbocycles. The molecule has 8 aromatic carbocycles. The van der Waals surface area contributed by atoms with Gasteiger partial charge in [-0.2, -0.15) is 0 Å². The van der Waals surface area contributed by atoms with Gasteiger partial charge in [0.05, 0.1) is 21.6 Å². The average molecular weight is 779 g/mol. The summed E-state index contributed by atoms with van der Waals surface area (Å²) in [5, 5.41) is 8.40. The van der Waals surface area contributed by atoms with Crippen LogP contribution in [0.15, 0.2) is 180 Å². The summed E-state index contributed by atoms with van der Waals surface area (Å²) in [5.74, 6) is 0. The highest BCUT2D eigenvalue weighted by Crippen LogP contribution is 2.41. The molecule has 3 nitrogen and oxygen atoms in total. The standard InChI is InChI=1S/C53H34N2OS2/c1-2-10-36(11-3-1)53-54-52-50(58-53)30-28-46-51(52)44-27-21-37(31-47(44)56-46)33-17-22-38(23-18-33)55(40-26-29-49-45(32-40)43-14-6-7-16-48(43)57-49)39-24-19-35(20-25-39)42-15-8-12-34-9-4-5-13-41(34)42/h1-25,27-32,40H,26H2. The molecule has 12 rings (SSSR count). The van der Waals surface area contributed by atoms with Crippen LogP contribution in [0, 0.1) is 0 Å². The number of furan rings is 1. The monoisotopic (exact) mass is 778 g/mol. The van der Waals surface area contributed by atoms with Crippen LogP contribution in [0.5, 0.6) is 0 Å². The van der Waals surface area contributed by atoms with Crippen molar-refractivity contribution in [2.45, 2.75) is 12.5 Å². The molecule has 0 bridgehead atoms. The van der Waals surface area contributed by atoms with Crippen molar-refractivity contribution in [2.75, 3.05) is 4.90 Å². The first-order valence-corrected chi connectivity index (χ1v) is 21.3. The quantitative estimate of drug-likeness (QED) is 0.168. The first kappa shape index (κ1) is 33.4. The molecule has 1 atom stereocenters. The van der Waals surface area contributed by atoms with Gasteiger partial charge in [0, 0.05) is 36.9 Å². The van der Waals surface area contributed by atoms with E-state index in [0.29, 0.717) is 0 Å². The summed E-state index contributed by atoms with van der Waals surface area (Å²) >= 11 is 3.62. The van der Waals surface area contributed by atoms with Crippen molar-refractivity contribution in [1.82, 2.24) is 4.98 Å². The van der Waals surface area contributed by atoms with Crippen LogP contribution in [0.4, 0.5) is 11.4 Å². The Labute approximate surface area is 342 Å². The van der Waals surface area contributed by atoms with Crippen LogP contribution in [-0.4, -0.2) is 11.0 Å². The van der Waals surface area contributed by atoms with E-state index in [9.17, 15) is 0 Å². The van der Waals surface area contributed by atoms with Crippen LogP contribution in [0.2, 0.25) is 0 Å². The molecule has 11 aromatic rings. The largest absolute Gasteiger partial charge is 0.456 e. The predicted molar refractivity (Wildman–Crippen MR) is 248 cm³/mol. The third-order valence-electron chi connectivity index (χ3n) is 11.6. The van der Waals surface area contributed by atoms with Gasteiger partial charge < -0.3 is 9.32 Å². The molecule has 0 N–H and O–H groups in total. The third kappa shape index (κ3) is 5.50. The lowest BCUT2D eigenvalue weighted by Gasteiger charge is -2.33. The Kier molecular flexibility index (Phi) is 7.71. The van der Waals surface area contributed by atoms with E-state index in [1.54, 1.807) is 11.3 Å². The van der Waals surface area contributed by atoms with Gasteiger partial charge in [-0.15, -0.1) is 22.7 Å². The van der Waals surface area contributed by atoms with E-state index in [1.165, 1.54) is 47.4 Å². The molecule has 0 amide bonds. The Morgan fingerprint density at radius 1 is 0.534 bits per heavy atom. The zero-order valence-electron chi connectivity index (χ0n) is 31.3. The topological polar surface area (TPSA) is 29.3 Å². The molecule has 1 aliphatic carbocycles. The van der Waals surface area contributed by atoms with Gasteiger partial charge in [0.25, 0.3) is 0 Å². The zero-order chi connectivity index (χ0) is 38.2. The smallest absolute Gasteiger partial charge is 0.137 e. The molecule has 1 aliphatic rings. The fourth-order valence-corrected chi connectivity index (χ4v) is 11.0. The van der Waals surface area contributed by atoms with Crippen LogP contribution >= 0.6 is 22.7 Å². The van der Waals surface area contributed by atoms with Gasteiger partial charge in [-0.25, -0.2) is 4.98 Å². The average Bonchev–Trinajstić information content (AvgIpc) is 4.00. The molecule has 0 aliphatic heterocycles. The van der Waals surface area contributed by atoms with Gasteiger partial charge in [0.15, 0.2) is 0 Å². The highest BCUT2D eigenvalue weighted by molar-refractivity contribution is 7.21. The molecular formula is C53H34N2OS2. The number of hydrogen-bond donors (Lipinski definition) is 0. The first-order chi connectivity index (χ1) is 28.7. The highest BCUT2D eigenvalue weighted by Gasteiger charge is 2.22. The number of nitrogens with zero attached hydrogens (tertiary/aromatic N) is 2. The summed E-state index contributed by atoms with van der Waals surface area (Å²) < 4.78 is 10.4. The minimum Gasteiger partial charge on any atom is -0.456 e. The van der Waals surface area contributed by atoms with Crippen LogP contribution in [0.25, 0.3) is 98.0 Å². The van der Waals surface area contributed by atoms with Crippen LogP contribution in [-0.2, 0) is 0 Å². The molecule has 0 spiro atoms. The molecule has 3 heterocycles. The normalized spacial score (nSPS) is 13.9. The number of hydrogen-bond acceptors (Lipinski definition) is 5. The second kappa shape index (κ2) is 13.4. The Morgan fingerprint density at radius 2 is 1.26 bits per heavy atom. The third-order valence-corrected chi connectivity index (χ3v) is 13.9. The zero-order valence-corrected chi connectivity index (χ0v) is 32.9. The van der Waals surface area contributed by atoms with E-state index in [1.807, 2.05) is 17.4 Å². The van der Waals surface area contributed by atoms with Crippen molar-refractivity contribution in [3.05, 3.63) is 186 Å².